The fourth-order valence-electron chi connectivity index (χ4n) is 3.08. The topological polar surface area (TPSA) is 147 Å². The van der Waals surface area contributed by atoms with Crippen molar-refractivity contribution < 1.29 is 37.2 Å². The van der Waals surface area contributed by atoms with Crippen LogP contribution in [-0.2, 0) is 10.1 Å². The number of carbonyl (C=O) groups is 3. The fraction of sp³-hybridized carbons (Fsp3) is 0.0870. The van der Waals surface area contributed by atoms with Crippen LogP contribution < -0.4 is 10.1 Å². The molecule has 0 spiro atoms. The van der Waals surface area contributed by atoms with Gasteiger partial charge in [-0.25, -0.2) is 9.59 Å². The van der Waals surface area contributed by atoms with E-state index in [-0.39, 0.29) is 11.1 Å². The van der Waals surface area contributed by atoms with Crippen LogP contribution in [0, 0.1) is 13.8 Å². The van der Waals surface area contributed by atoms with Gasteiger partial charge in [0, 0.05) is 5.56 Å². The second-order valence-electron chi connectivity index (χ2n) is 7.10. The van der Waals surface area contributed by atoms with Gasteiger partial charge in [0.05, 0.1) is 16.1 Å². The first-order valence-corrected chi connectivity index (χ1v) is 11.0. The number of amides is 1. The Balaban J connectivity index is 2.16. The molecule has 0 fully saturated rings. The largest absolute Gasteiger partial charge is 0.478 e. The summed E-state index contributed by atoms with van der Waals surface area (Å²) < 4.78 is 38.2. The number of anilines is 1. The molecule has 3 aromatic carbocycles. The molecule has 0 heterocycles. The van der Waals surface area contributed by atoms with Crippen molar-refractivity contribution in [1.29, 1.82) is 0 Å². The summed E-state index contributed by atoms with van der Waals surface area (Å²) in [5.41, 5.74) is 0.355. The number of hydrogen-bond acceptors (Lipinski definition) is 6. The Bertz CT molecular complexity index is 1380. The van der Waals surface area contributed by atoms with Gasteiger partial charge in [0.25, 0.3) is 16.0 Å². The molecule has 33 heavy (non-hydrogen) atoms. The van der Waals surface area contributed by atoms with E-state index in [1.807, 2.05) is 0 Å². The van der Waals surface area contributed by atoms with Crippen molar-refractivity contribution in [3.05, 3.63) is 88.5 Å². The molecule has 0 saturated heterocycles. The zero-order valence-corrected chi connectivity index (χ0v) is 18.3. The molecule has 0 atom stereocenters. The van der Waals surface area contributed by atoms with E-state index in [1.54, 1.807) is 50.2 Å². The quantitative estimate of drug-likeness (QED) is 0.281. The van der Waals surface area contributed by atoms with Crippen molar-refractivity contribution in [2.45, 2.75) is 18.7 Å². The van der Waals surface area contributed by atoms with Crippen LogP contribution in [0.25, 0.3) is 0 Å². The van der Waals surface area contributed by atoms with Crippen LogP contribution in [0.15, 0.2) is 65.6 Å². The SMILES string of the molecule is Cc1ccccc1C(=O)Nc1cc(S(=O)(=O)O)cc(C(=O)O)c1OC(=O)c1ccccc1C. The monoisotopic (exact) mass is 469 g/mol. The van der Waals surface area contributed by atoms with E-state index < -0.39 is 49.9 Å². The van der Waals surface area contributed by atoms with Gasteiger partial charge in [0.2, 0.25) is 0 Å². The van der Waals surface area contributed by atoms with Crippen molar-refractivity contribution >= 4 is 33.7 Å². The predicted molar refractivity (Wildman–Crippen MR) is 118 cm³/mol. The first kappa shape index (κ1) is 23.6. The number of hydrogen-bond donors (Lipinski definition) is 3. The molecule has 3 N–H and O–H groups in total. The summed E-state index contributed by atoms with van der Waals surface area (Å²) in [7, 11) is -4.85. The van der Waals surface area contributed by atoms with E-state index >= 15 is 0 Å². The van der Waals surface area contributed by atoms with E-state index in [0.717, 1.165) is 6.07 Å². The van der Waals surface area contributed by atoms with Gasteiger partial charge < -0.3 is 15.2 Å². The summed E-state index contributed by atoms with van der Waals surface area (Å²) in [6, 6.07) is 14.4. The van der Waals surface area contributed by atoms with Crippen LogP contribution in [0.1, 0.15) is 42.2 Å². The van der Waals surface area contributed by atoms with Gasteiger partial charge in [-0.2, -0.15) is 8.42 Å². The van der Waals surface area contributed by atoms with Crippen molar-refractivity contribution in [2.24, 2.45) is 0 Å². The molecule has 0 unspecified atom stereocenters. The number of carboxylic acid groups (broad SMARTS) is 1. The minimum Gasteiger partial charge on any atom is -0.478 e. The lowest BCUT2D eigenvalue weighted by molar-refractivity contribution is 0.0680. The van der Waals surface area contributed by atoms with Crippen molar-refractivity contribution in [2.75, 3.05) is 5.32 Å². The number of carbonyl (C=O) groups excluding carboxylic acids is 2. The smallest absolute Gasteiger partial charge is 0.343 e. The summed E-state index contributed by atoms with van der Waals surface area (Å²) in [5, 5.41) is 12.0. The lowest BCUT2D eigenvalue weighted by atomic mass is 10.1. The number of esters is 1. The highest BCUT2D eigenvalue weighted by molar-refractivity contribution is 7.85. The minimum absolute atomic E-state index is 0.142. The maximum Gasteiger partial charge on any atom is 0.343 e. The Kier molecular flexibility index (Phi) is 6.61. The molecule has 170 valence electrons. The number of nitrogens with one attached hydrogen (secondary N) is 1. The van der Waals surface area contributed by atoms with Gasteiger partial charge >= 0.3 is 11.9 Å². The standard InChI is InChI=1S/C23H19NO8S/c1-13-7-3-5-9-16(13)21(25)24-19-12-15(33(29,30)31)11-18(22(26)27)20(19)32-23(28)17-10-6-4-8-14(17)2/h3-12H,1-2H3,(H,24,25)(H,26,27)(H,29,30,31). The molecule has 0 aliphatic carbocycles. The third-order valence-electron chi connectivity index (χ3n) is 4.79. The van der Waals surface area contributed by atoms with E-state index in [4.69, 9.17) is 4.74 Å². The number of aromatic carboxylic acids is 1. The minimum atomic E-state index is -4.85. The van der Waals surface area contributed by atoms with Gasteiger partial charge in [-0.05, 0) is 49.2 Å². The van der Waals surface area contributed by atoms with Crippen LogP contribution in [0.5, 0.6) is 5.75 Å². The maximum absolute atomic E-state index is 12.8. The highest BCUT2D eigenvalue weighted by atomic mass is 32.2. The third-order valence-corrected chi connectivity index (χ3v) is 5.62. The zero-order valence-electron chi connectivity index (χ0n) is 17.5. The molecular weight excluding hydrogens is 450 g/mol. The number of ether oxygens (including phenoxy) is 1. The molecule has 1 amide bonds. The number of aryl methyl sites for hydroxylation is 2. The number of rotatable bonds is 6. The highest BCUT2D eigenvalue weighted by Crippen LogP contribution is 2.34. The van der Waals surface area contributed by atoms with Crippen LogP contribution in [-0.4, -0.2) is 35.9 Å². The number of carboxylic acids is 1. The van der Waals surface area contributed by atoms with Gasteiger partial charge in [0.1, 0.15) is 5.56 Å². The van der Waals surface area contributed by atoms with Gasteiger partial charge in [-0.1, -0.05) is 36.4 Å². The van der Waals surface area contributed by atoms with E-state index in [2.05, 4.69) is 5.32 Å². The molecule has 9 nitrogen and oxygen atoms in total. The van der Waals surface area contributed by atoms with Gasteiger partial charge in [0.15, 0.2) is 5.75 Å². The Morgan fingerprint density at radius 3 is 1.91 bits per heavy atom. The summed E-state index contributed by atoms with van der Waals surface area (Å²) >= 11 is 0. The average molecular weight is 469 g/mol. The molecular formula is C23H19NO8S. The second kappa shape index (κ2) is 9.23. The molecule has 0 bridgehead atoms. The summed E-state index contributed by atoms with van der Waals surface area (Å²) in [6.45, 7) is 3.32. The molecule has 3 rings (SSSR count). The van der Waals surface area contributed by atoms with Crippen molar-refractivity contribution in [1.82, 2.24) is 0 Å². The molecule has 3 aromatic rings. The molecule has 0 aliphatic heterocycles. The first-order valence-electron chi connectivity index (χ1n) is 9.52. The number of benzene rings is 3. The second-order valence-corrected chi connectivity index (χ2v) is 8.52. The van der Waals surface area contributed by atoms with Crippen molar-refractivity contribution in [3.8, 4) is 5.75 Å². The molecule has 0 saturated carbocycles. The fourth-order valence-corrected chi connectivity index (χ4v) is 3.61. The van der Waals surface area contributed by atoms with E-state index in [9.17, 15) is 32.5 Å². The normalized spacial score (nSPS) is 11.0. The predicted octanol–water partition coefficient (Wildman–Crippen LogP) is 3.72. The van der Waals surface area contributed by atoms with Crippen LogP contribution >= 0.6 is 0 Å². The molecule has 0 aliphatic rings. The zero-order chi connectivity index (χ0) is 24.3. The first-order chi connectivity index (χ1) is 15.5. The van der Waals surface area contributed by atoms with Crippen LogP contribution in [0.2, 0.25) is 0 Å². The third kappa shape index (κ3) is 5.25. The average Bonchev–Trinajstić information content (AvgIpc) is 2.74. The lowest BCUT2D eigenvalue weighted by Crippen LogP contribution is -2.19. The summed E-state index contributed by atoms with van der Waals surface area (Å²) in [6.07, 6.45) is 0. The summed E-state index contributed by atoms with van der Waals surface area (Å²) in [5.74, 6) is -3.84. The highest BCUT2D eigenvalue weighted by Gasteiger charge is 2.26. The van der Waals surface area contributed by atoms with E-state index in [1.165, 1.54) is 12.1 Å². The lowest BCUT2D eigenvalue weighted by Gasteiger charge is -2.16. The maximum atomic E-state index is 12.8. The molecule has 10 heteroatoms. The van der Waals surface area contributed by atoms with Crippen LogP contribution in [0.3, 0.4) is 0 Å². The Morgan fingerprint density at radius 2 is 1.39 bits per heavy atom. The Labute approximate surface area is 189 Å². The van der Waals surface area contributed by atoms with E-state index in [0.29, 0.717) is 17.2 Å². The van der Waals surface area contributed by atoms with Gasteiger partial charge in [-0.3, -0.25) is 9.35 Å². The molecule has 0 aromatic heterocycles. The summed E-state index contributed by atoms with van der Waals surface area (Å²) in [4.78, 5) is 36.7. The molecule has 0 radical (unpaired) electrons. The Morgan fingerprint density at radius 1 is 0.848 bits per heavy atom. The van der Waals surface area contributed by atoms with Gasteiger partial charge in [-0.15, -0.1) is 0 Å². The van der Waals surface area contributed by atoms with Crippen molar-refractivity contribution in [3.63, 3.8) is 0 Å². The Hall–Kier alpha value is -4.02. The van der Waals surface area contributed by atoms with Crippen LogP contribution in [0.4, 0.5) is 5.69 Å².